The lowest BCUT2D eigenvalue weighted by molar-refractivity contribution is 0.313. The van der Waals surface area contributed by atoms with Gasteiger partial charge in [-0.2, -0.15) is 0 Å². The standard InChI is InChI=1S/C22H26F2O/c1-14(2)21(15(3)4)20(13-25)22(16-5-9-18(23)10-6-16)17-7-11-19(24)12-8-17/h5-15,21-22,25H,1-4H3. The maximum atomic E-state index is 13.4. The highest BCUT2D eigenvalue weighted by Crippen LogP contribution is 2.41. The van der Waals surface area contributed by atoms with Crippen molar-refractivity contribution in [2.75, 3.05) is 0 Å². The van der Waals surface area contributed by atoms with E-state index in [0.29, 0.717) is 11.8 Å². The van der Waals surface area contributed by atoms with Crippen LogP contribution in [0.5, 0.6) is 0 Å². The molecular weight excluding hydrogens is 318 g/mol. The van der Waals surface area contributed by atoms with Gasteiger partial charge in [-0.1, -0.05) is 52.0 Å². The molecule has 2 aromatic rings. The molecule has 0 atom stereocenters. The minimum absolute atomic E-state index is 0.144. The topological polar surface area (TPSA) is 20.2 Å². The Morgan fingerprint density at radius 2 is 1.12 bits per heavy atom. The van der Waals surface area contributed by atoms with Crippen LogP contribution in [0.15, 0.2) is 60.4 Å². The predicted octanol–water partition coefficient (Wildman–Crippen LogP) is 6.47. The number of benzene rings is 2. The summed E-state index contributed by atoms with van der Waals surface area (Å²) >= 11 is 0. The Morgan fingerprint density at radius 1 is 0.760 bits per heavy atom. The van der Waals surface area contributed by atoms with E-state index in [-0.39, 0.29) is 23.5 Å². The van der Waals surface area contributed by atoms with Crippen molar-refractivity contribution >= 4 is 0 Å². The summed E-state index contributed by atoms with van der Waals surface area (Å²) in [7, 11) is 0. The molecule has 0 aliphatic carbocycles. The van der Waals surface area contributed by atoms with Crippen molar-refractivity contribution in [2.24, 2.45) is 17.8 Å². The lowest BCUT2D eigenvalue weighted by Crippen LogP contribution is -2.23. The van der Waals surface area contributed by atoms with E-state index in [9.17, 15) is 13.9 Å². The van der Waals surface area contributed by atoms with Crippen LogP contribution in [0.25, 0.3) is 0 Å². The van der Waals surface area contributed by atoms with E-state index in [0.717, 1.165) is 16.7 Å². The summed E-state index contributed by atoms with van der Waals surface area (Å²) in [5.74, 6) is -0.0736. The molecule has 0 fully saturated rings. The lowest BCUT2D eigenvalue weighted by atomic mass is 9.71. The van der Waals surface area contributed by atoms with Crippen LogP contribution < -0.4 is 0 Å². The lowest BCUT2D eigenvalue weighted by Gasteiger charge is -2.33. The summed E-state index contributed by atoms with van der Waals surface area (Å²) < 4.78 is 26.8. The monoisotopic (exact) mass is 344 g/mol. The molecule has 0 spiro atoms. The van der Waals surface area contributed by atoms with E-state index in [1.54, 1.807) is 24.3 Å². The zero-order valence-electron chi connectivity index (χ0n) is 15.2. The first-order valence-corrected chi connectivity index (χ1v) is 8.70. The number of aliphatic hydroxyl groups is 1. The molecule has 0 amide bonds. The number of hydrogen-bond acceptors (Lipinski definition) is 1. The maximum absolute atomic E-state index is 13.4. The average molecular weight is 344 g/mol. The van der Waals surface area contributed by atoms with E-state index in [4.69, 9.17) is 0 Å². The first-order valence-electron chi connectivity index (χ1n) is 8.70. The second-order valence-corrected chi connectivity index (χ2v) is 7.18. The average Bonchev–Trinajstić information content (AvgIpc) is 2.56. The molecule has 0 aliphatic heterocycles. The van der Waals surface area contributed by atoms with Gasteiger partial charge in [0.25, 0.3) is 0 Å². The highest BCUT2D eigenvalue weighted by molar-refractivity contribution is 5.41. The SMILES string of the molecule is CC(C)C(C(=CO)C(c1ccc(F)cc1)c1ccc(F)cc1)C(C)C. The van der Waals surface area contributed by atoms with E-state index >= 15 is 0 Å². The summed E-state index contributed by atoms with van der Waals surface area (Å²) in [6.45, 7) is 8.50. The molecule has 2 rings (SSSR count). The third kappa shape index (κ3) is 4.47. The van der Waals surface area contributed by atoms with E-state index < -0.39 is 0 Å². The van der Waals surface area contributed by atoms with E-state index in [1.165, 1.54) is 30.5 Å². The molecule has 0 saturated carbocycles. The molecule has 2 aromatic carbocycles. The van der Waals surface area contributed by atoms with Crippen LogP contribution in [-0.4, -0.2) is 5.11 Å². The van der Waals surface area contributed by atoms with Gasteiger partial charge in [-0.15, -0.1) is 0 Å². The number of allylic oxidation sites excluding steroid dienone is 1. The highest BCUT2D eigenvalue weighted by atomic mass is 19.1. The van der Waals surface area contributed by atoms with Crippen molar-refractivity contribution in [3.63, 3.8) is 0 Å². The molecule has 0 bridgehead atoms. The Labute approximate surface area is 149 Å². The fourth-order valence-corrected chi connectivity index (χ4v) is 3.78. The number of rotatable bonds is 6. The molecule has 0 aromatic heterocycles. The van der Waals surface area contributed by atoms with Crippen LogP contribution in [0, 0.1) is 29.4 Å². The van der Waals surface area contributed by atoms with Crippen molar-refractivity contribution in [3.8, 4) is 0 Å². The van der Waals surface area contributed by atoms with Crippen LogP contribution in [0.2, 0.25) is 0 Å². The molecule has 0 heterocycles. The fourth-order valence-electron chi connectivity index (χ4n) is 3.78. The Morgan fingerprint density at radius 3 is 1.40 bits per heavy atom. The minimum atomic E-state index is -0.305. The molecular formula is C22H26F2O. The van der Waals surface area contributed by atoms with Gasteiger partial charge in [0.2, 0.25) is 0 Å². The van der Waals surface area contributed by atoms with Gasteiger partial charge < -0.3 is 5.11 Å². The van der Waals surface area contributed by atoms with E-state index in [2.05, 4.69) is 27.7 Å². The fraction of sp³-hybridized carbons (Fsp3) is 0.364. The zero-order chi connectivity index (χ0) is 18.6. The van der Waals surface area contributed by atoms with Crippen LogP contribution in [0.1, 0.15) is 44.7 Å². The van der Waals surface area contributed by atoms with Crippen LogP contribution in [0.4, 0.5) is 8.78 Å². The van der Waals surface area contributed by atoms with Gasteiger partial charge in [0.1, 0.15) is 11.6 Å². The maximum Gasteiger partial charge on any atom is 0.123 e. The largest absolute Gasteiger partial charge is 0.516 e. The Hall–Kier alpha value is -2.16. The Bertz CT molecular complexity index is 646. The van der Waals surface area contributed by atoms with Crippen LogP contribution in [0.3, 0.4) is 0 Å². The summed E-state index contributed by atoms with van der Waals surface area (Å²) in [6.07, 6.45) is 1.18. The Balaban J connectivity index is 2.60. The van der Waals surface area contributed by atoms with Crippen molar-refractivity contribution in [1.29, 1.82) is 0 Å². The number of halogens is 2. The first kappa shape index (κ1) is 19.2. The molecule has 3 heteroatoms. The molecule has 25 heavy (non-hydrogen) atoms. The molecule has 0 radical (unpaired) electrons. The summed E-state index contributed by atoms with van der Waals surface area (Å²) in [5, 5.41) is 10.1. The molecule has 1 N–H and O–H groups in total. The third-order valence-electron chi connectivity index (χ3n) is 4.71. The predicted molar refractivity (Wildman–Crippen MR) is 98.5 cm³/mol. The van der Waals surface area contributed by atoms with E-state index in [1.807, 2.05) is 0 Å². The van der Waals surface area contributed by atoms with Gasteiger partial charge in [0.15, 0.2) is 0 Å². The molecule has 1 nitrogen and oxygen atoms in total. The number of aliphatic hydroxyl groups excluding tert-OH is 1. The summed E-state index contributed by atoms with van der Waals surface area (Å²) in [5.41, 5.74) is 2.61. The molecule has 0 aliphatic rings. The summed E-state index contributed by atoms with van der Waals surface area (Å²) in [4.78, 5) is 0. The second kappa shape index (κ2) is 8.28. The molecule has 0 unspecified atom stereocenters. The highest BCUT2D eigenvalue weighted by Gasteiger charge is 2.30. The van der Waals surface area contributed by atoms with Crippen molar-refractivity contribution < 1.29 is 13.9 Å². The van der Waals surface area contributed by atoms with Crippen molar-refractivity contribution in [2.45, 2.75) is 33.6 Å². The van der Waals surface area contributed by atoms with Gasteiger partial charge >= 0.3 is 0 Å². The van der Waals surface area contributed by atoms with Gasteiger partial charge in [-0.05, 0) is 58.7 Å². The first-order chi connectivity index (χ1) is 11.8. The quantitative estimate of drug-likeness (QED) is 0.596. The molecule has 0 saturated heterocycles. The third-order valence-corrected chi connectivity index (χ3v) is 4.71. The van der Waals surface area contributed by atoms with Gasteiger partial charge in [-0.25, -0.2) is 8.78 Å². The van der Waals surface area contributed by atoms with Crippen LogP contribution >= 0.6 is 0 Å². The van der Waals surface area contributed by atoms with Crippen molar-refractivity contribution in [1.82, 2.24) is 0 Å². The second-order valence-electron chi connectivity index (χ2n) is 7.18. The van der Waals surface area contributed by atoms with Crippen molar-refractivity contribution in [3.05, 3.63) is 83.1 Å². The smallest absolute Gasteiger partial charge is 0.123 e. The Kier molecular flexibility index (Phi) is 6.35. The van der Waals surface area contributed by atoms with Gasteiger partial charge in [0.05, 0.1) is 6.26 Å². The normalized spacial score (nSPS) is 12.6. The zero-order valence-corrected chi connectivity index (χ0v) is 15.2. The minimum Gasteiger partial charge on any atom is -0.516 e. The van der Waals surface area contributed by atoms with Gasteiger partial charge in [0, 0.05) is 5.92 Å². The summed E-state index contributed by atoms with van der Waals surface area (Å²) in [6, 6.07) is 12.6. The van der Waals surface area contributed by atoms with Crippen LogP contribution in [-0.2, 0) is 0 Å². The number of hydrogen-bond donors (Lipinski definition) is 1. The molecule has 134 valence electrons. The van der Waals surface area contributed by atoms with Gasteiger partial charge in [-0.3, -0.25) is 0 Å².